The quantitative estimate of drug-likeness (QED) is 0.0338. The van der Waals surface area contributed by atoms with Gasteiger partial charge in [0.25, 0.3) is 0 Å². The Morgan fingerprint density at radius 3 is 0.533 bits per heavy atom. The SMILES string of the molecule is CCN(Cc1ccc(CN(CCCCN(Cc2ccc(CN(CCCCN(Cc3ccc(CN(CC)C(=O)CCC(=O)OC)cc3)C(=O)CCC(=O)OC)C(=O)CCC(=O)OC)cc2)C(=O)CCC(=O)OC)C(=O)CCC(=O)OC)cc1)C(=O)CCC(=O)OC. The average molecular weight is 1260 g/mol. The molecule has 0 N–H and O–H groups in total. The van der Waals surface area contributed by atoms with Crippen LogP contribution in [0.4, 0.5) is 0 Å². The molecule has 0 aliphatic heterocycles. The van der Waals surface area contributed by atoms with Crippen LogP contribution in [-0.4, -0.2) is 183 Å². The van der Waals surface area contributed by atoms with Gasteiger partial charge in [0.05, 0.1) is 81.2 Å². The predicted octanol–water partition coefficient (Wildman–Crippen LogP) is 6.38. The van der Waals surface area contributed by atoms with E-state index in [1.165, 1.54) is 42.7 Å². The standard InChI is InChI=1S/C66H92N6O18/c1-9-67(55(73)27-33-61(79)85-3)43-49-15-19-51(20-16-49)45-69(57(75)29-35-63(81)87-5)39-11-13-41-71(59(77)31-37-65(83)89-7)47-53-23-25-54(26-24-53)48-72(60(78)32-38-66(84)90-8)42-14-12-40-70(58(76)30-36-64(82)88-6)46-52-21-17-50(18-22-52)44-68(10-2)56(74)28-34-62(80)86-4/h15-26H,9-14,27-48H2,1-8H3. The minimum Gasteiger partial charge on any atom is -0.469 e. The van der Waals surface area contributed by atoms with Crippen molar-refractivity contribution in [3.63, 3.8) is 0 Å². The van der Waals surface area contributed by atoms with Crippen molar-refractivity contribution in [1.82, 2.24) is 29.4 Å². The number of amides is 6. The van der Waals surface area contributed by atoms with Gasteiger partial charge < -0.3 is 57.8 Å². The van der Waals surface area contributed by atoms with Crippen molar-refractivity contribution in [2.75, 3.05) is 81.9 Å². The van der Waals surface area contributed by atoms with Crippen molar-refractivity contribution in [2.24, 2.45) is 0 Å². The summed E-state index contributed by atoms with van der Waals surface area (Å²) < 4.78 is 28.5. The summed E-state index contributed by atoms with van der Waals surface area (Å²) in [7, 11) is 7.55. The van der Waals surface area contributed by atoms with Gasteiger partial charge in [-0.1, -0.05) is 72.8 Å². The Morgan fingerprint density at radius 2 is 0.389 bits per heavy atom. The molecule has 90 heavy (non-hydrogen) atoms. The zero-order valence-electron chi connectivity index (χ0n) is 53.8. The molecule has 24 heteroatoms. The van der Waals surface area contributed by atoms with Crippen LogP contribution in [0, 0.1) is 0 Å². The highest BCUT2D eigenvalue weighted by Gasteiger charge is 2.23. The maximum Gasteiger partial charge on any atom is 0.306 e. The Morgan fingerprint density at radius 1 is 0.244 bits per heavy atom. The number of benzene rings is 3. The lowest BCUT2D eigenvalue weighted by Crippen LogP contribution is -2.34. The van der Waals surface area contributed by atoms with Gasteiger partial charge in [-0.05, 0) is 72.9 Å². The summed E-state index contributed by atoms with van der Waals surface area (Å²) in [5.41, 5.74) is 4.86. The van der Waals surface area contributed by atoms with Crippen LogP contribution in [0.15, 0.2) is 72.8 Å². The molecule has 494 valence electrons. The van der Waals surface area contributed by atoms with Gasteiger partial charge in [-0.2, -0.15) is 0 Å². The molecule has 0 heterocycles. The second kappa shape index (κ2) is 42.3. The number of nitrogens with zero attached hydrogens (tertiary/aromatic N) is 6. The van der Waals surface area contributed by atoms with Crippen LogP contribution in [0.3, 0.4) is 0 Å². The summed E-state index contributed by atoms with van der Waals surface area (Å²) in [5.74, 6) is -4.51. The first-order valence-electron chi connectivity index (χ1n) is 30.5. The molecule has 0 unspecified atom stereocenters. The first-order valence-corrected chi connectivity index (χ1v) is 30.5. The Kier molecular flexibility index (Phi) is 35.5. The Hall–Kier alpha value is -8.70. The van der Waals surface area contributed by atoms with E-state index < -0.39 is 35.8 Å². The summed E-state index contributed by atoms with van der Waals surface area (Å²) in [6.45, 7) is 7.18. The molecule has 0 fully saturated rings. The summed E-state index contributed by atoms with van der Waals surface area (Å²) in [5, 5.41) is 0. The van der Waals surface area contributed by atoms with Crippen LogP contribution in [0.25, 0.3) is 0 Å². The number of ether oxygens (including phenoxy) is 6. The smallest absolute Gasteiger partial charge is 0.306 e. The maximum absolute atomic E-state index is 13.8. The van der Waals surface area contributed by atoms with Gasteiger partial charge in [0, 0.05) is 117 Å². The molecule has 0 saturated heterocycles. The third-order valence-corrected chi connectivity index (χ3v) is 15.0. The van der Waals surface area contributed by atoms with E-state index in [0.29, 0.717) is 65.0 Å². The summed E-state index contributed by atoms with van der Waals surface area (Å²) >= 11 is 0. The number of methoxy groups -OCH3 is 6. The average Bonchev–Trinajstić information content (AvgIpc) is 3.68. The van der Waals surface area contributed by atoms with Gasteiger partial charge in [0.1, 0.15) is 0 Å². The number of hydrogen-bond acceptors (Lipinski definition) is 18. The molecule has 0 aliphatic rings. The third-order valence-electron chi connectivity index (χ3n) is 15.0. The minimum absolute atomic E-state index is 0.0173. The van der Waals surface area contributed by atoms with Crippen molar-refractivity contribution in [2.45, 2.75) is 156 Å². The molecule has 0 radical (unpaired) electrons. The van der Waals surface area contributed by atoms with E-state index in [1.54, 1.807) is 29.4 Å². The third kappa shape index (κ3) is 29.1. The van der Waals surface area contributed by atoms with Gasteiger partial charge >= 0.3 is 35.8 Å². The first-order chi connectivity index (χ1) is 43.2. The highest BCUT2D eigenvalue weighted by atomic mass is 16.5. The normalized spacial score (nSPS) is 10.7. The lowest BCUT2D eigenvalue weighted by molar-refractivity contribution is -0.144. The van der Waals surface area contributed by atoms with Crippen molar-refractivity contribution < 1.29 is 86.0 Å². The first kappa shape index (κ1) is 75.5. The van der Waals surface area contributed by atoms with Crippen LogP contribution in [0.5, 0.6) is 0 Å². The van der Waals surface area contributed by atoms with E-state index in [0.717, 1.165) is 33.4 Å². The van der Waals surface area contributed by atoms with E-state index >= 15 is 0 Å². The van der Waals surface area contributed by atoms with E-state index in [-0.39, 0.29) is 152 Å². The van der Waals surface area contributed by atoms with Crippen LogP contribution in [0.1, 0.15) is 150 Å². The summed E-state index contributed by atoms with van der Waals surface area (Å²) in [4.78, 5) is 162. The minimum atomic E-state index is -0.537. The van der Waals surface area contributed by atoms with Crippen LogP contribution >= 0.6 is 0 Å². The lowest BCUT2D eigenvalue weighted by atomic mass is 10.1. The van der Waals surface area contributed by atoms with Gasteiger partial charge in [0.2, 0.25) is 35.4 Å². The van der Waals surface area contributed by atoms with Crippen molar-refractivity contribution in [1.29, 1.82) is 0 Å². The molecule has 0 saturated carbocycles. The van der Waals surface area contributed by atoms with Crippen LogP contribution < -0.4 is 0 Å². The number of carbonyl (C=O) groups excluding carboxylic acids is 12. The Labute approximate surface area is 528 Å². The number of rotatable bonds is 42. The molecular formula is C66H92N6O18. The van der Waals surface area contributed by atoms with E-state index in [2.05, 4.69) is 9.47 Å². The lowest BCUT2D eigenvalue weighted by Gasteiger charge is -2.26. The van der Waals surface area contributed by atoms with Gasteiger partial charge in [0.15, 0.2) is 0 Å². The second-order valence-electron chi connectivity index (χ2n) is 21.4. The zero-order valence-corrected chi connectivity index (χ0v) is 53.8. The van der Waals surface area contributed by atoms with Gasteiger partial charge in [-0.25, -0.2) is 0 Å². The van der Waals surface area contributed by atoms with Crippen LogP contribution in [-0.2, 0) is 125 Å². The number of esters is 6. The van der Waals surface area contributed by atoms with E-state index in [9.17, 15) is 57.5 Å². The second-order valence-corrected chi connectivity index (χ2v) is 21.4. The van der Waals surface area contributed by atoms with Gasteiger partial charge in [-0.3, -0.25) is 57.5 Å². The fourth-order valence-electron chi connectivity index (χ4n) is 9.52. The monoisotopic (exact) mass is 1260 g/mol. The number of carbonyl (C=O) groups is 12. The predicted molar refractivity (Wildman–Crippen MR) is 329 cm³/mol. The van der Waals surface area contributed by atoms with Crippen molar-refractivity contribution in [3.8, 4) is 0 Å². The van der Waals surface area contributed by atoms with Crippen molar-refractivity contribution in [3.05, 3.63) is 106 Å². The molecule has 24 nitrogen and oxygen atoms in total. The van der Waals surface area contributed by atoms with E-state index in [1.807, 2.05) is 86.6 Å². The fraction of sp³-hybridized carbons (Fsp3) is 0.545. The Bertz CT molecular complexity index is 2620. The van der Waals surface area contributed by atoms with E-state index in [4.69, 9.17) is 18.9 Å². The van der Waals surface area contributed by atoms with Gasteiger partial charge in [-0.15, -0.1) is 0 Å². The largest absolute Gasteiger partial charge is 0.469 e. The highest BCUT2D eigenvalue weighted by Crippen LogP contribution is 2.19. The molecular weight excluding hydrogens is 1160 g/mol. The highest BCUT2D eigenvalue weighted by molar-refractivity contribution is 5.84. The maximum atomic E-state index is 13.8. The topological polar surface area (TPSA) is 280 Å². The summed E-state index contributed by atoms with van der Waals surface area (Å²) in [6, 6.07) is 22.4. The van der Waals surface area contributed by atoms with Crippen LogP contribution in [0.2, 0.25) is 0 Å². The molecule has 3 aromatic rings. The molecule has 0 aromatic heterocycles. The Balaban J connectivity index is 1.76. The molecule has 0 spiro atoms. The molecule has 6 amide bonds. The molecule has 0 atom stereocenters. The molecule has 3 rings (SSSR count). The number of hydrogen-bond donors (Lipinski definition) is 0. The summed E-state index contributed by atoms with van der Waals surface area (Å²) in [6.07, 6.45) is 1.10. The number of unbranched alkanes of at least 4 members (excludes halogenated alkanes) is 2. The molecule has 0 bridgehead atoms. The zero-order chi connectivity index (χ0) is 66.4. The fourth-order valence-corrected chi connectivity index (χ4v) is 9.52. The molecule has 3 aromatic carbocycles. The van der Waals surface area contributed by atoms with Crippen molar-refractivity contribution >= 4 is 71.3 Å². The molecule has 0 aliphatic carbocycles.